The highest BCUT2D eigenvalue weighted by Crippen LogP contribution is 2.26. The van der Waals surface area contributed by atoms with Crippen LogP contribution in [0.2, 0.25) is 0 Å². The molecule has 0 spiro atoms. The first-order valence-corrected chi connectivity index (χ1v) is 6.86. The normalized spacial score (nSPS) is 15.9. The number of aromatic nitrogens is 2. The summed E-state index contributed by atoms with van der Waals surface area (Å²) in [7, 11) is 0. The Balaban J connectivity index is 2.03. The first-order valence-electron chi connectivity index (χ1n) is 6.86. The van der Waals surface area contributed by atoms with Gasteiger partial charge in [-0.25, -0.2) is 0 Å². The molecule has 0 atom stereocenters. The van der Waals surface area contributed by atoms with Crippen LogP contribution in [-0.2, 0) is 17.8 Å². The Hall–Kier alpha value is -1.84. The van der Waals surface area contributed by atoms with Crippen LogP contribution in [0.5, 0.6) is 0 Å². The number of H-pyrrole nitrogens is 1. The molecule has 1 N–H and O–H groups in total. The van der Waals surface area contributed by atoms with Gasteiger partial charge in [-0.15, -0.1) is 0 Å². The summed E-state index contributed by atoms with van der Waals surface area (Å²) in [6.45, 7) is 5.84. The number of amides is 1. The Morgan fingerprint density at radius 3 is 3.00 bits per heavy atom. The average molecular weight is 257 g/mol. The number of hydrogen-bond acceptors (Lipinski definition) is 2. The summed E-state index contributed by atoms with van der Waals surface area (Å²) in [4.78, 5) is 14.2. The number of nitrogens with one attached hydrogen (secondary N) is 1. The van der Waals surface area contributed by atoms with Gasteiger partial charge >= 0.3 is 0 Å². The minimum atomic E-state index is 0.265. The minimum absolute atomic E-state index is 0.265. The summed E-state index contributed by atoms with van der Waals surface area (Å²) >= 11 is 0. The van der Waals surface area contributed by atoms with Gasteiger partial charge in [-0.3, -0.25) is 9.89 Å². The third-order valence-corrected chi connectivity index (χ3v) is 3.73. The lowest BCUT2D eigenvalue weighted by atomic mass is 10.0. The fourth-order valence-electron chi connectivity index (χ4n) is 2.83. The zero-order valence-electron chi connectivity index (χ0n) is 11.4. The smallest absolute Gasteiger partial charge is 0.223 e. The van der Waals surface area contributed by atoms with Crippen molar-refractivity contribution in [3.8, 4) is 0 Å². The second kappa shape index (κ2) is 4.68. The van der Waals surface area contributed by atoms with Crippen LogP contribution in [-0.4, -0.2) is 27.5 Å². The molecule has 1 amide bonds. The van der Waals surface area contributed by atoms with E-state index in [9.17, 15) is 4.79 Å². The fraction of sp³-hybridized carbons (Fsp3) is 0.467. The van der Waals surface area contributed by atoms with E-state index in [-0.39, 0.29) is 5.91 Å². The lowest BCUT2D eigenvalue weighted by Crippen LogP contribution is -2.32. The van der Waals surface area contributed by atoms with Gasteiger partial charge in [-0.2, -0.15) is 5.10 Å². The van der Waals surface area contributed by atoms with E-state index in [0.29, 0.717) is 18.9 Å². The Bertz CT molecular complexity index is 615. The van der Waals surface area contributed by atoms with Gasteiger partial charge in [0.1, 0.15) is 0 Å². The van der Waals surface area contributed by atoms with E-state index in [1.807, 2.05) is 11.1 Å². The van der Waals surface area contributed by atoms with Crippen molar-refractivity contribution in [2.75, 3.05) is 6.54 Å². The SMILES string of the molecule is CC(C)CN1Cc2c(ccc3[nH]ncc23)CCC1=O. The summed E-state index contributed by atoms with van der Waals surface area (Å²) < 4.78 is 0. The van der Waals surface area contributed by atoms with Crippen LogP contribution < -0.4 is 0 Å². The first kappa shape index (κ1) is 12.2. The van der Waals surface area contributed by atoms with Crippen molar-refractivity contribution in [2.24, 2.45) is 5.92 Å². The van der Waals surface area contributed by atoms with E-state index in [2.05, 4.69) is 36.2 Å². The van der Waals surface area contributed by atoms with E-state index in [4.69, 9.17) is 0 Å². The van der Waals surface area contributed by atoms with Crippen LogP contribution in [0.1, 0.15) is 31.4 Å². The fourth-order valence-corrected chi connectivity index (χ4v) is 2.83. The quantitative estimate of drug-likeness (QED) is 0.898. The predicted octanol–water partition coefficient (Wildman–Crippen LogP) is 2.49. The molecule has 4 heteroatoms. The molecular weight excluding hydrogens is 238 g/mol. The molecule has 2 heterocycles. The van der Waals surface area contributed by atoms with Gasteiger partial charge < -0.3 is 4.90 Å². The molecule has 1 aliphatic heterocycles. The number of rotatable bonds is 2. The molecule has 0 saturated heterocycles. The van der Waals surface area contributed by atoms with Crippen LogP contribution in [0.3, 0.4) is 0 Å². The topological polar surface area (TPSA) is 49.0 Å². The molecule has 0 radical (unpaired) electrons. The standard InChI is InChI=1S/C15H19N3O/c1-10(2)8-18-9-13-11(4-6-15(18)19)3-5-14-12(13)7-16-17-14/h3,5,7,10H,4,6,8-9H2,1-2H3,(H,16,17). The Labute approximate surface area is 112 Å². The van der Waals surface area contributed by atoms with Crippen molar-refractivity contribution < 1.29 is 4.79 Å². The molecule has 19 heavy (non-hydrogen) atoms. The molecule has 1 aromatic heterocycles. The highest BCUT2D eigenvalue weighted by Gasteiger charge is 2.22. The van der Waals surface area contributed by atoms with Crippen molar-refractivity contribution in [2.45, 2.75) is 33.2 Å². The molecule has 0 fully saturated rings. The van der Waals surface area contributed by atoms with Gasteiger partial charge in [0.25, 0.3) is 0 Å². The Morgan fingerprint density at radius 2 is 2.21 bits per heavy atom. The van der Waals surface area contributed by atoms with Gasteiger partial charge in [0, 0.05) is 24.9 Å². The highest BCUT2D eigenvalue weighted by molar-refractivity contribution is 5.85. The van der Waals surface area contributed by atoms with E-state index in [1.165, 1.54) is 11.1 Å². The van der Waals surface area contributed by atoms with Crippen molar-refractivity contribution in [1.29, 1.82) is 0 Å². The Kier molecular flexibility index (Phi) is 3.01. The summed E-state index contributed by atoms with van der Waals surface area (Å²) in [5, 5.41) is 8.27. The predicted molar refractivity (Wildman–Crippen MR) is 74.7 cm³/mol. The number of fused-ring (bicyclic) bond motifs is 3. The second-order valence-corrected chi connectivity index (χ2v) is 5.70. The molecule has 1 aliphatic rings. The number of aryl methyl sites for hydroxylation is 1. The number of carbonyl (C=O) groups is 1. The van der Waals surface area contributed by atoms with Crippen molar-refractivity contribution in [1.82, 2.24) is 15.1 Å². The monoisotopic (exact) mass is 257 g/mol. The maximum Gasteiger partial charge on any atom is 0.223 e. The van der Waals surface area contributed by atoms with E-state index < -0.39 is 0 Å². The maximum absolute atomic E-state index is 12.2. The lowest BCUT2D eigenvalue weighted by Gasteiger charge is -2.23. The Morgan fingerprint density at radius 1 is 1.37 bits per heavy atom. The lowest BCUT2D eigenvalue weighted by molar-refractivity contribution is -0.132. The van der Waals surface area contributed by atoms with Crippen LogP contribution in [0, 0.1) is 5.92 Å². The summed E-state index contributed by atoms with van der Waals surface area (Å²) in [6, 6.07) is 4.19. The summed E-state index contributed by atoms with van der Waals surface area (Å²) in [5.41, 5.74) is 3.60. The number of aromatic amines is 1. The molecular formula is C15H19N3O. The number of hydrogen-bond donors (Lipinski definition) is 1. The van der Waals surface area contributed by atoms with Crippen LogP contribution >= 0.6 is 0 Å². The molecule has 0 bridgehead atoms. The zero-order chi connectivity index (χ0) is 13.4. The van der Waals surface area contributed by atoms with Crippen LogP contribution in [0.4, 0.5) is 0 Å². The van der Waals surface area contributed by atoms with E-state index >= 15 is 0 Å². The third kappa shape index (κ3) is 2.23. The van der Waals surface area contributed by atoms with Gasteiger partial charge in [0.2, 0.25) is 5.91 Å². The maximum atomic E-state index is 12.2. The first-order chi connectivity index (χ1) is 9.15. The van der Waals surface area contributed by atoms with Crippen molar-refractivity contribution in [3.63, 3.8) is 0 Å². The zero-order valence-corrected chi connectivity index (χ0v) is 11.4. The van der Waals surface area contributed by atoms with Crippen molar-refractivity contribution >= 4 is 16.8 Å². The minimum Gasteiger partial charge on any atom is -0.338 e. The second-order valence-electron chi connectivity index (χ2n) is 5.70. The van der Waals surface area contributed by atoms with Gasteiger partial charge in [-0.1, -0.05) is 19.9 Å². The van der Waals surface area contributed by atoms with Gasteiger partial charge in [0.15, 0.2) is 0 Å². The van der Waals surface area contributed by atoms with Crippen molar-refractivity contribution in [3.05, 3.63) is 29.5 Å². The molecule has 0 saturated carbocycles. The van der Waals surface area contributed by atoms with Gasteiger partial charge in [-0.05, 0) is 29.5 Å². The summed E-state index contributed by atoms with van der Waals surface area (Å²) in [6.07, 6.45) is 3.32. The van der Waals surface area contributed by atoms with E-state index in [0.717, 1.165) is 23.9 Å². The summed E-state index contributed by atoms with van der Waals surface area (Å²) in [5.74, 6) is 0.760. The molecule has 3 rings (SSSR count). The van der Waals surface area contributed by atoms with Crippen LogP contribution in [0.15, 0.2) is 18.3 Å². The molecule has 1 aromatic carbocycles. The number of benzene rings is 1. The average Bonchev–Trinajstić information content (AvgIpc) is 2.78. The molecule has 4 nitrogen and oxygen atoms in total. The number of carbonyl (C=O) groups excluding carboxylic acids is 1. The molecule has 2 aromatic rings. The molecule has 0 aliphatic carbocycles. The molecule has 100 valence electrons. The van der Waals surface area contributed by atoms with E-state index in [1.54, 1.807) is 0 Å². The largest absolute Gasteiger partial charge is 0.338 e. The third-order valence-electron chi connectivity index (χ3n) is 3.73. The number of nitrogens with zero attached hydrogens (tertiary/aromatic N) is 2. The van der Waals surface area contributed by atoms with Crippen LogP contribution in [0.25, 0.3) is 10.9 Å². The highest BCUT2D eigenvalue weighted by atomic mass is 16.2. The molecule has 0 unspecified atom stereocenters. The van der Waals surface area contributed by atoms with Gasteiger partial charge in [0.05, 0.1) is 11.7 Å².